The Kier molecular flexibility index (Phi) is 5.68. The molecule has 0 fully saturated rings. The zero-order valence-electron chi connectivity index (χ0n) is 14.2. The van der Waals surface area contributed by atoms with Gasteiger partial charge in [-0.3, -0.25) is 9.59 Å². The number of thioether (sulfide) groups is 1. The molecule has 1 heterocycles. The lowest BCUT2D eigenvalue weighted by Gasteiger charge is -2.10. The Labute approximate surface area is 154 Å². The molecule has 7 heteroatoms. The predicted molar refractivity (Wildman–Crippen MR) is 101 cm³/mol. The Hall–Kier alpha value is -2.67. The van der Waals surface area contributed by atoms with Gasteiger partial charge >= 0.3 is 0 Å². The third-order valence-electron chi connectivity index (χ3n) is 3.91. The largest absolute Gasteiger partial charge is 0.351 e. The zero-order valence-corrected chi connectivity index (χ0v) is 15.1. The number of carbonyl (C=O) groups is 1. The number of carbonyl (C=O) groups excluding carboxylic acids is 1. The average molecular weight is 371 g/mol. The first-order valence-electron chi connectivity index (χ1n) is 8.22. The van der Waals surface area contributed by atoms with Crippen LogP contribution in [0.1, 0.15) is 12.5 Å². The molecule has 0 radical (unpaired) electrons. The predicted octanol–water partition coefficient (Wildman–Crippen LogP) is 2.96. The van der Waals surface area contributed by atoms with Crippen LogP contribution in [0.3, 0.4) is 0 Å². The Morgan fingerprint density at radius 1 is 1.19 bits per heavy atom. The lowest BCUT2D eigenvalue weighted by molar-refractivity contribution is -0.118. The number of hydrogen-bond acceptors (Lipinski definition) is 4. The summed E-state index contributed by atoms with van der Waals surface area (Å²) in [5.74, 6) is -0.600. The van der Waals surface area contributed by atoms with Gasteiger partial charge in [-0.25, -0.2) is 9.37 Å². The van der Waals surface area contributed by atoms with Crippen LogP contribution < -0.4 is 10.9 Å². The summed E-state index contributed by atoms with van der Waals surface area (Å²) in [5, 5.41) is 2.94. The third-order valence-corrected chi connectivity index (χ3v) is 4.86. The molecule has 5 nitrogen and oxygen atoms in total. The van der Waals surface area contributed by atoms with Crippen molar-refractivity contribution >= 4 is 28.7 Å². The standard InChI is InChI=1S/C19H18FN3O2S/c1-2-23-16-10-6-5-9-15(16)22-18(19(23)25)26-12-17(24)21-11-13-7-3-4-8-14(13)20/h3-10H,2,11-12H2,1H3,(H,21,24). The first kappa shape index (κ1) is 18.1. The van der Waals surface area contributed by atoms with E-state index in [2.05, 4.69) is 10.3 Å². The van der Waals surface area contributed by atoms with Crippen LogP contribution in [-0.2, 0) is 17.9 Å². The van der Waals surface area contributed by atoms with E-state index in [0.717, 1.165) is 17.3 Å². The van der Waals surface area contributed by atoms with Gasteiger partial charge in [0, 0.05) is 18.7 Å². The normalized spacial score (nSPS) is 10.8. The topological polar surface area (TPSA) is 64.0 Å². The van der Waals surface area contributed by atoms with Crippen LogP contribution in [0.4, 0.5) is 4.39 Å². The van der Waals surface area contributed by atoms with Crippen molar-refractivity contribution in [1.29, 1.82) is 0 Å². The second-order valence-corrected chi connectivity index (χ2v) is 6.58. The number of hydrogen-bond donors (Lipinski definition) is 1. The fourth-order valence-corrected chi connectivity index (χ4v) is 3.36. The van der Waals surface area contributed by atoms with Crippen molar-refractivity contribution in [3.8, 4) is 0 Å². The number of halogens is 1. The maximum absolute atomic E-state index is 13.6. The number of para-hydroxylation sites is 2. The average Bonchev–Trinajstić information content (AvgIpc) is 2.66. The van der Waals surface area contributed by atoms with E-state index < -0.39 is 0 Å². The molecule has 0 bridgehead atoms. The molecule has 0 aliphatic rings. The summed E-state index contributed by atoms with van der Waals surface area (Å²) >= 11 is 1.09. The van der Waals surface area contributed by atoms with Crippen LogP contribution in [-0.4, -0.2) is 21.2 Å². The number of benzene rings is 2. The van der Waals surface area contributed by atoms with Crippen molar-refractivity contribution in [1.82, 2.24) is 14.9 Å². The number of amides is 1. The van der Waals surface area contributed by atoms with Crippen molar-refractivity contribution in [3.63, 3.8) is 0 Å². The molecule has 2 aromatic carbocycles. The molecule has 134 valence electrons. The molecule has 1 N–H and O–H groups in total. The molecule has 3 aromatic rings. The lowest BCUT2D eigenvalue weighted by Crippen LogP contribution is -2.27. The van der Waals surface area contributed by atoms with Gasteiger partial charge < -0.3 is 9.88 Å². The summed E-state index contributed by atoms with van der Waals surface area (Å²) in [6.45, 7) is 2.52. The van der Waals surface area contributed by atoms with E-state index in [9.17, 15) is 14.0 Å². The molecule has 3 rings (SSSR count). The SMILES string of the molecule is CCn1c(=O)c(SCC(=O)NCc2ccccc2F)nc2ccccc21. The van der Waals surface area contributed by atoms with E-state index in [0.29, 0.717) is 17.6 Å². The van der Waals surface area contributed by atoms with Gasteiger partial charge in [-0.1, -0.05) is 42.1 Å². The van der Waals surface area contributed by atoms with Crippen LogP contribution >= 0.6 is 11.8 Å². The maximum Gasteiger partial charge on any atom is 0.283 e. The Bertz CT molecular complexity index is 1000. The van der Waals surface area contributed by atoms with Crippen molar-refractivity contribution in [3.05, 3.63) is 70.3 Å². The second kappa shape index (κ2) is 8.14. The Morgan fingerprint density at radius 2 is 1.92 bits per heavy atom. The molecular weight excluding hydrogens is 353 g/mol. The highest BCUT2D eigenvalue weighted by atomic mass is 32.2. The number of aryl methyl sites for hydroxylation is 1. The van der Waals surface area contributed by atoms with Gasteiger partial charge in [0.15, 0.2) is 5.03 Å². The van der Waals surface area contributed by atoms with E-state index in [-0.39, 0.29) is 34.6 Å². The molecule has 0 spiro atoms. The highest BCUT2D eigenvalue weighted by Crippen LogP contribution is 2.16. The van der Waals surface area contributed by atoms with E-state index in [4.69, 9.17) is 0 Å². The molecule has 1 aromatic heterocycles. The van der Waals surface area contributed by atoms with Crippen LogP contribution in [0.25, 0.3) is 11.0 Å². The monoisotopic (exact) mass is 371 g/mol. The summed E-state index contributed by atoms with van der Waals surface area (Å²) in [5.41, 5.74) is 1.69. The van der Waals surface area contributed by atoms with Crippen LogP contribution in [0, 0.1) is 5.82 Å². The highest BCUT2D eigenvalue weighted by molar-refractivity contribution is 7.99. The Morgan fingerprint density at radius 3 is 2.69 bits per heavy atom. The summed E-state index contributed by atoms with van der Waals surface area (Å²) < 4.78 is 15.2. The Balaban J connectivity index is 1.69. The van der Waals surface area contributed by atoms with E-state index in [1.807, 2.05) is 31.2 Å². The summed E-state index contributed by atoms with van der Waals surface area (Å²) in [6.07, 6.45) is 0. The van der Waals surface area contributed by atoms with Gasteiger partial charge in [-0.2, -0.15) is 0 Å². The summed E-state index contributed by atoms with van der Waals surface area (Å²) in [7, 11) is 0. The van der Waals surface area contributed by atoms with Crippen molar-refractivity contribution in [2.24, 2.45) is 0 Å². The van der Waals surface area contributed by atoms with Crippen molar-refractivity contribution < 1.29 is 9.18 Å². The molecule has 0 unspecified atom stereocenters. The van der Waals surface area contributed by atoms with Crippen LogP contribution in [0.5, 0.6) is 0 Å². The minimum absolute atomic E-state index is 0.0404. The number of aromatic nitrogens is 2. The van der Waals surface area contributed by atoms with E-state index >= 15 is 0 Å². The molecule has 0 aliphatic carbocycles. The number of nitrogens with one attached hydrogen (secondary N) is 1. The molecule has 0 aliphatic heterocycles. The maximum atomic E-state index is 13.6. The van der Waals surface area contributed by atoms with Crippen LogP contribution in [0.2, 0.25) is 0 Å². The zero-order chi connectivity index (χ0) is 18.5. The highest BCUT2D eigenvalue weighted by Gasteiger charge is 2.12. The molecular formula is C19H18FN3O2S. The number of nitrogens with zero attached hydrogens (tertiary/aromatic N) is 2. The minimum Gasteiger partial charge on any atom is -0.351 e. The smallest absolute Gasteiger partial charge is 0.283 e. The van der Waals surface area contributed by atoms with Crippen molar-refractivity contribution in [2.75, 3.05) is 5.75 Å². The quantitative estimate of drug-likeness (QED) is 0.677. The van der Waals surface area contributed by atoms with Gasteiger partial charge in [0.1, 0.15) is 5.82 Å². The van der Waals surface area contributed by atoms with Crippen LogP contribution in [0.15, 0.2) is 58.4 Å². The van der Waals surface area contributed by atoms with E-state index in [1.54, 1.807) is 22.8 Å². The molecule has 26 heavy (non-hydrogen) atoms. The second-order valence-electron chi connectivity index (χ2n) is 5.61. The molecule has 0 saturated heterocycles. The van der Waals surface area contributed by atoms with Crippen molar-refractivity contribution in [2.45, 2.75) is 25.0 Å². The van der Waals surface area contributed by atoms with Gasteiger partial charge in [0.25, 0.3) is 5.56 Å². The first-order valence-corrected chi connectivity index (χ1v) is 9.21. The van der Waals surface area contributed by atoms with Gasteiger partial charge in [0.2, 0.25) is 5.91 Å². The molecule has 0 saturated carbocycles. The van der Waals surface area contributed by atoms with Gasteiger partial charge in [-0.05, 0) is 25.1 Å². The molecule has 1 amide bonds. The summed E-state index contributed by atoms with van der Waals surface area (Å²) in [6, 6.07) is 13.7. The van der Waals surface area contributed by atoms with Gasteiger partial charge in [-0.15, -0.1) is 0 Å². The van der Waals surface area contributed by atoms with Gasteiger partial charge in [0.05, 0.1) is 16.8 Å². The minimum atomic E-state index is -0.359. The fraction of sp³-hybridized carbons (Fsp3) is 0.211. The number of fused-ring (bicyclic) bond motifs is 1. The van der Waals surface area contributed by atoms with E-state index in [1.165, 1.54) is 6.07 Å². The fourth-order valence-electron chi connectivity index (χ4n) is 2.60. The summed E-state index contributed by atoms with van der Waals surface area (Å²) in [4.78, 5) is 29.0. The lowest BCUT2D eigenvalue weighted by atomic mass is 10.2. The number of rotatable bonds is 6. The molecule has 0 atom stereocenters. The first-order chi connectivity index (χ1) is 12.6. The third kappa shape index (κ3) is 3.94.